The van der Waals surface area contributed by atoms with E-state index >= 15 is 0 Å². The molecule has 1 aliphatic rings. The quantitative estimate of drug-likeness (QED) is 0.628. The third-order valence-electron chi connectivity index (χ3n) is 3.33. The molecule has 5 nitrogen and oxygen atoms in total. The highest BCUT2D eigenvalue weighted by Crippen LogP contribution is 2.51. The van der Waals surface area contributed by atoms with Crippen LogP contribution in [0.1, 0.15) is 26.3 Å². The Morgan fingerprint density at radius 3 is 2.33 bits per heavy atom. The van der Waals surface area contributed by atoms with Gasteiger partial charge in [0.15, 0.2) is 5.82 Å². The molecule has 114 valence electrons. The van der Waals surface area contributed by atoms with E-state index in [9.17, 15) is 22.7 Å². The monoisotopic (exact) mass is 334 g/mol. The van der Waals surface area contributed by atoms with E-state index in [2.05, 4.69) is 0 Å². The molecule has 21 heavy (non-hydrogen) atoms. The zero-order chi connectivity index (χ0) is 16.2. The van der Waals surface area contributed by atoms with Gasteiger partial charge in [-0.3, -0.25) is 0 Å². The van der Waals surface area contributed by atoms with E-state index < -0.39 is 36.1 Å². The van der Waals surface area contributed by atoms with Crippen molar-refractivity contribution in [1.29, 1.82) is 0 Å². The van der Waals surface area contributed by atoms with Crippen molar-refractivity contribution in [2.24, 2.45) is 5.41 Å². The summed E-state index contributed by atoms with van der Waals surface area (Å²) >= 11 is 0. The number of quaternary nitrogens is 1. The third kappa shape index (κ3) is 2.07. The largest absolute Gasteiger partial charge is 0.540 e. The van der Waals surface area contributed by atoms with E-state index in [0.717, 1.165) is 6.07 Å². The minimum atomic E-state index is -4.73. The van der Waals surface area contributed by atoms with Gasteiger partial charge in [0.2, 0.25) is 5.69 Å². The van der Waals surface area contributed by atoms with E-state index in [4.69, 9.17) is 10.7 Å². The average Bonchev–Trinajstić information content (AvgIpc) is 2.65. The summed E-state index contributed by atoms with van der Waals surface area (Å²) in [5.74, 6) is -0.936. The predicted octanol–water partition coefficient (Wildman–Crippen LogP) is 3.70. The number of halogens is 2. The number of para-hydroxylation sites is 1. The fraction of sp³-hybridized carbons (Fsp3) is 0.308. The van der Waals surface area contributed by atoms with Gasteiger partial charge < -0.3 is 5.11 Å². The number of nitrogens with zero attached hydrogens (tertiary/aromatic N) is 1. The molecule has 1 aromatic carbocycles. The standard InChI is InChI=1S/C13H13ClFNO4S/c1-13(2,3)10-7-8-5-4-6-9(15)11(8)16(10,12(17)18)21(14,19)20/h4-7H,1-3H3/p+1. The van der Waals surface area contributed by atoms with Gasteiger partial charge in [0.05, 0.1) is 10.7 Å². The molecule has 0 bridgehead atoms. The van der Waals surface area contributed by atoms with Crippen molar-refractivity contribution in [1.82, 2.24) is 3.89 Å². The van der Waals surface area contributed by atoms with Crippen molar-refractivity contribution in [3.8, 4) is 0 Å². The van der Waals surface area contributed by atoms with Gasteiger partial charge in [0.1, 0.15) is 5.70 Å². The van der Waals surface area contributed by atoms with Crippen LogP contribution >= 0.6 is 10.7 Å². The molecule has 1 N–H and O–H groups in total. The SMILES string of the molecule is CC(C)(C)C1=Cc2cccc(F)c2[N+]1(C(=O)O)S(=O)(=O)Cl. The molecule has 0 aliphatic carbocycles. The van der Waals surface area contributed by atoms with Crippen LogP contribution < -0.4 is 3.89 Å². The van der Waals surface area contributed by atoms with Crippen molar-refractivity contribution in [2.75, 3.05) is 0 Å². The summed E-state index contributed by atoms with van der Waals surface area (Å²) in [4.78, 5) is 11.8. The number of carboxylic acid groups (broad SMARTS) is 1. The number of allylic oxidation sites excluding steroid dienone is 1. The topological polar surface area (TPSA) is 71.4 Å². The van der Waals surface area contributed by atoms with Crippen LogP contribution in [0.15, 0.2) is 23.9 Å². The highest BCUT2D eigenvalue weighted by molar-refractivity contribution is 8.13. The number of amides is 1. The summed E-state index contributed by atoms with van der Waals surface area (Å²) in [6.07, 6.45) is -0.401. The zero-order valence-corrected chi connectivity index (χ0v) is 13.2. The van der Waals surface area contributed by atoms with Crippen LogP contribution in [0.25, 0.3) is 6.08 Å². The lowest BCUT2D eigenvalue weighted by Crippen LogP contribution is -2.56. The van der Waals surface area contributed by atoms with E-state index in [-0.39, 0.29) is 11.3 Å². The van der Waals surface area contributed by atoms with Crippen LogP contribution in [0.5, 0.6) is 0 Å². The molecule has 0 aromatic heterocycles. The van der Waals surface area contributed by atoms with Crippen LogP contribution in [0.3, 0.4) is 0 Å². The maximum absolute atomic E-state index is 14.2. The summed E-state index contributed by atoms with van der Waals surface area (Å²) in [6, 6.07) is 3.85. The third-order valence-corrected chi connectivity index (χ3v) is 5.14. The first-order chi connectivity index (χ1) is 9.44. The lowest BCUT2D eigenvalue weighted by Gasteiger charge is -2.32. The Balaban J connectivity index is 3.02. The van der Waals surface area contributed by atoms with E-state index in [1.807, 2.05) is 0 Å². The number of rotatable bonds is 1. The summed E-state index contributed by atoms with van der Waals surface area (Å²) < 4.78 is 36.7. The lowest BCUT2D eigenvalue weighted by molar-refractivity contribution is 0.175. The summed E-state index contributed by atoms with van der Waals surface area (Å²) in [6.45, 7) is 4.92. The highest BCUT2D eigenvalue weighted by Gasteiger charge is 2.63. The zero-order valence-electron chi connectivity index (χ0n) is 11.6. The number of hydrogen-bond donors (Lipinski definition) is 1. The minimum Gasteiger partial charge on any atom is -0.434 e. The number of hydrogen-bond acceptors (Lipinski definition) is 3. The van der Waals surface area contributed by atoms with Gasteiger partial charge in [-0.15, -0.1) is 0 Å². The van der Waals surface area contributed by atoms with Crippen LogP contribution in [-0.4, -0.2) is 19.6 Å². The van der Waals surface area contributed by atoms with Gasteiger partial charge in [-0.1, -0.05) is 26.8 Å². The van der Waals surface area contributed by atoms with Gasteiger partial charge in [0, 0.05) is 17.1 Å². The van der Waals surface area contributed by atoms with Crippen molar-refractivity contribution in [3.05, 3.63) is 35.3 Å². The Kier molecular flexibility index (Phi) is 3.44. The Morgan fingerprint density at radius 2 is 1.90 bits per heavy atom. The number of fused-ring (bicyclic) bond motifs is 1. The number of benzene rings is 1. The summed E-state index contributed by atoms with van der Waals surface area (Å²) in [7, 11) is 0.718. The smallest absolute Gasteiger partial charge is 0.434 e. The molecule has 1 heterocycles. The molecule has 1 aliphatic heterocycles. The molecule has 8 heteroatoms. The summed E-state index contributed by atoms with van der Waals surface area (Å²) in [5.41, 5.74) is -1.17. The van der Waals surface area contributed by atoms with Crippen LogP contribution in [0.2, 0.25) is 0 Å². The Bertz CT molecular complexity index is 767. The number of carbonyl (C=O) groups is 1. The van der Waals surface area contributed by atoms with Gasteiger partial charge >= 0.3 is 15.3 Å². The van der Waals surface area contributed by atoms with Crippen molar-refractivity contribution >= 4 is 37.8 Å². The first-order valence-electron chi connectivity index (χ1n) is 6.03. The molecule has 0 saturated carbocycles. The molecule has 0 saturated heterocycles. The second kappa shape index (κ2) is 4.53. The molecular formula is C13H14ClFNO4S+. The van der Waals surface area contributed by atoms with E-state index in [0.29, 0.717) is 0 Å². The molecule has 0 radical (unpaired) electrons. The highest BCUT2D eigenvalue weighted by atomic mass is 35.7. The maximum Gasteiger partial charge on any atom is 0.540 e. The fourth-order valence-corrected chi connectivity index (χ4v) is 4.31. The van der Waals surface area contributed by atoms with Crippen molar-refractivity contribution in [3.63, 3.8) is 0 Å². The molecule has 1 amide bonds. The lowest BCUT2D eigenvalue weighted by atomic mass is 9.91. The predicted molar refractivity (Wildman–Crippen MR) is 78.4 cm³/mol. The Morgan fingerprint density at radius 1 is 1.33 bits per heavy atom. The normalized spacial score (nSPS) is 21.9. The minimum absolute atomic E-state index is 0.0231. The molecule has 0 spiro atoms. The molecule has 1 unspecified atom stereocenters. The maximum atomic E-state index is 14.2. The molecule has 1 atom stereocenters. The van der Waals surface area contributed by atoms with Crippen molar-refractivity contribution in [2.45, 2.75) is 20.8 Å². The molecule has 2 rings (SSSR count). The Labute approximate surface area is 126 Å². The second-order valence-electron chi connectivity index (χ2n) is 5.76. The Hall–Kier alpha value is -1.44. The second-order valence-corrected chi connectivity index (χ2v) is 8.30. The molecule has 1 aromatic rings. The first-order valence-corrected chi connectivity index (χ1v) is 8.30. The molecular weight excluding hydrogens is 321 g/mol. The van der Waals surface area contributed by atoms with Gasteiger partial charge in [-0.2, -0.15) is 13.2 Å². The van der Waals surface area contributed by atoms with Crippen molar-refractivity contribution < 1.29 is 22.7 Å². The van der Waals surface area contributed by atoms with Gasteiger partial charge in [0.25, 0.3) is 0 Å². The van der Waals surface area contributed by atoms with Gasteiger partial charge in [-0.25, -0.2) is 4.39 Å². The van der Waals surface area contributed by atoms with E-state index in [1.54, 1.807) is 20.8 Å². The average molecular weight is 335 g/mol. The fourth-order valence-electron chi connectivity index (χ4n) is 2.55. The molecule has 0 fully saturated rings. The van der Waals surface area contributed by atoms with E-state index in [1.165, 1.54) is 18.2 Å². The van der Waals surface area contributed by atoms with Crippen LogP contribution in [0, 0.1) is 11.2 Å². The van der Waals surface area contributed by atoms with Crippen LogP contribution in [-0.2, 0) is 9.24 Å². The van der Waals surface area contributed by atoms with Crippen LogP contribution in [0.4, 0.5) is 14.9 Å². The van der Waals surface area contributed by atoms with Gasteiger partial charge in [-0.05, 0) is 16.0 Å². The summed E-state index contributed by atoms with van der Waals surface area (Å²) in [5, 5.41) is 9.61. The first kappa shape index (κ1) is 15.9.